The van der Waals surface area contributed by atoms with E-state index in [2.05, 4.69) is 6.58 Å². The van der Waals surface area contributed by atoms with Crippen LogP contribution in [0.2, 0.25) is 0 Å². The van der Waals surface area contributed by atoms with Gasteiger partial charge in [0.15, 0.2) is 0 Å². The average molecular weight is 382 g/mol. The van der Waals surface area contributed by atoms with Gasteiger partial charge >= 0.3 is 5.97 Å². The molecule has 0 saturated carbocycles. The van der Waals surface area contributed by atoms with Gasteiger partial charge in [-0.1, -0.05) is 6.58 Å². The van der Waals surface area contributed by atoms with Crippen molar-refractivity contribution < 1.29 is 39.1 Å². The first-order chi connectivity index (χ1) is 12.8. The molecule has 0 heterocycles. The van der Waals surface area contributed by atoms with Crippen molar-refractivity contribution in [1.29, 1.82) is 0 Å². The number of esters is 1. The van der Waals surface area contributed by atoms with Crippen LogP contribution in [0.25, 0.3) is 6.08 Å². The molecule has 3 N–H and O–H groups in total. The molecular formula is C19H26O8. The molecule has 8 nitrogen and oxygen atoms in total. The predicted octanol–water partition coefficient (Wildman–Crippen LogP) is 1.14. The highest BCUT2D eigenvalue weighted by Gasteiger charge is 2.37. The molecule has 0 spiro atoms. The molecule has 0 saturated heterocycles. The minimum atomic E-state index is -1.61. The summed E-state index contributed by atoms with van der Waals surface area (Å²) in [6.07, 6.45) is 1.36. The Balaban J connectivity index is 3.69. The number of rotatable bonds is 10. The van der Waals surface area contributed by atoms with Crippen LogP contribution in [0, 0.1) is 5.41 Å². The molecule has 0 bridgehead atoms. The molecule has 1 rings (SSSR count). The standard InChI is InChI=1S/C19H26O8/c1-12(2)18(23)27-17(19(9-20,10-21)11-22)8-14-15(25-4)6-13(24-3)7-16(14)26-5/h6-8,20-22H,1,9-11H2,2-5H3/b17-8-. The van der Waals surface area contributed by atoms with Gasteiger partial charge in [0.05, 0.1) is 52.1 Å². The molecule has 27 heavy (non-hydrogen) atoms. The molecule has 0 unspecified atom stereocenters. The summed E-state index contributed by atoms with van der Waals surface area (Å²) in [5.41, 5.74) is -1.14. The van der Waals surface area contributed by atoms with E-state index in [9.17, 15) is 20.1 Å². The maximum absolute atomic E-state index is 12.1. The first kappa shape index (κ1) is 22.5. The highest BCUT2D eigenvalue weighted by Crippen LogP contribution is 2.38. The van der Waals surface area contributed by atoms with Crippen LogP contribution in [0.1, 0.15) is 12.5 Å². The third-order valence-electron chi connectivity index (χ3n) is 4.01. The van der Waals surface area contributed by atoms with Crippen molar-refractivity contribution in [2.75, 3.05) is 41.2 Å². The van der Waals surface area contributed by atoms with E-state index >= 15 is 0 Å². The van der Waals surface area contributed by atoms with E-state index in [1.807, 2.05) is 0 Å². The second kappa shape index (κ2) is 9.96. The summed E-state index contributed by atoms with van der Waals surface area (Å²) in [5, 5.41) is 29.3. The van der Waals surface area contributed by atoms with Gasteiger partial charge in [-0.15, -0.1) is 0 Å². The van der Waals surface area contributed by atoms with Crippen LogP contribution in [0.4, 0.5) is 0 Å². The third kappa shape index (κ3) is 5.00. The molecule has 0 atom stereocenters. The Hall–Kier alpha value is -2.55. The molecule has 0 aliphatic rings. The van der Waals surface area contributed by atoms with E-state index in [1.165, 1.54) is 34.3 Å². The summed E-state index contributed by atoms with van der Waals surface area (Å²) < 4.78 is 21.2. The van der Waals surface area contributed by atoms with Crippen LogP contribution in [-0.2, 0) is 9.53 Å². The average Bonchev–Trinajstić information content (AvgIpc) is 2.69. The van der Waals surface area contributed by atoms with E-state index < -0.39 is 31.2 Å². The van der Waals surface area contributed by atoms with Crippen molar-refractivity contribution in [1.82, 2.24) is 0 Å². The van der Waals surface area contributed by atoms with Gasteiger partial charge in [-0.05, 0) is 13.0 Å². The Morgan fingerprint density at radius 1 is 1.04 bits per heavy atom. The van der Waals surface area contributed by atoms with Gasteiger partial charge in [0.2, 0.25) is 0 Å². The molecule has 0 amide bonds. The number of hydrogen-bond acceptors (Lipinski definition) is 8. The molecule has 150 valence electrons. The number of benzene rings is 1. The van der Waals surface area contributed by atoms with E-state index in [0.29, 0.717) is 22.8 Å². The number of carbonyl (C=O) groups excluding carboxylic acids is 1. The topological polar surface area (TPSA) is 115 Å². The molecule has 0 aromatic heterocycles. The van der Waals surface area contributed by atoms with E-state index in [0.717, 1.165) is 0 Å². The van der Waals surface area contributed by atoms with Gasteiger partial charge in [0.25, 0.3) is 0 Å². The lowest BCUT2D eigenvalue weighted by atomic mass is 9.87. The van der Waals surface area contributed by atoms with Crippen molar-refractivity contribution in [3.63, 3.8) is 0 Å². The molecule has 0 radical (unpaired) electrons. The lowest BCUT2D eigenvalue weighted by Gasteiger charge is -2.29. The summed E-state index contributed by atoms with van der Waals surface area (Å²) in [6, 6.07) is 3.18. The van der Waals surface area contributed by atoms with Crippen molar-refractivity contribution in [2.45, 2.75) is 6.92 Å². The summed E-state index contributed by atoms with van der Waals surface area (Å²) in [5.74, 6) is 0.201. The summed E-state index contributed by atoms with van der Waals surface area (Å²) in [6.45, 7) is 2.95. The second-order valence-electron chi connectivity index (χ2n) is 5.88. The molecule has 0 fully saturated rings. The largest absolute Gasteiger partial charge is 0.496 e. The smallest absolute Gasteiger partial charge is 0.338 e. The highest BCUT2D eigenvalue weighted by atomic mass is 16.5. The van der Waals surface area contributed by atoms with Gasteiger partial charge in [-0.25, -0.2) is 4.79 Å². The SMILES string of the molecule is C=C(C)C(=O)O/C(=C\c1c(OC)cc(OC)cc1OC)C(CO)(CO)CO. The number of carbonyl (C=O) groups is 1. The Morgan fingerprint density at radius 2 is 1.52 bits per heavy atom. The van der Waals surface area contributed by atoms with Gasteiger partial charge in [0.1, 0.15) is 23.0 Å². The molecule has 0 aliphatic carbocycles. The Labute approximate surface area is 158 Å². The minimum absolute atomic E-state index is 0.109. The van der Waals surface area contributed by atoms with E-state index in [1.54, 1.807) is 12.1 Å². The predicted molar refractivity (Wildman–Crippen MR) is 98.7 cm³/mol. The zero-order valence-corrected chi connectivity index (χ0v) is 15.9. The van der Waals surface area contributed by atoms with Gasteiger partial charge in [-0.3, -0.25) is 0 Å². The number of ether oxygens (including phenoxy) is 4. The number of aliphatic hydroxyl groups is 3. The Morgan fingerprint density at radius 3 is 1.85 bits per heavy atom. The minimum Gasteiger partial charge on any atom is -0.496 e. The number of aliphatic hydroxyl groups excluding tert-OH is 3. The first-order valence-electron chi connectivity index (χ1n) is 8.04. The van der Waals surface area contributed by atoms with E-state index in [4.69, 9.17) is 18.9 Å². The van der Waals surface area contributed by atoms with E-state index in [-0.39, 0.29) is 11.3 Å². The fourth-order valence-corrected chi connectivity index (χ4v) is 2.17. The van der Waals surface area contributed by atoms with Crippen LogP contribution in [0.15, 0.2) is 30.0 Å². The van der Waals surface area contributed by atoms with Crippen molar-refractivity contribution in [3.05, 3.63) is 35.6 Å². The maximum Gasteiger partial charge on any atom is 0.338 e. The molecular weight excluding hydrogens is 356 g/mol. The van der Waals surface area contributed by atoms with Crippen LogP contribution in [0.3, 0.4) is 0 Å². The molecule has 1 aromatic rings. The van der Waals surface area contributed by atoms with Crippen LogP contribution < -0.4 is 14.2 Å². The zero-order valence-electron chi connectivity index (χ0n) is 15.9. The van der Waals surface area contributed by atoms with Crippen molar-refractivity contribution in [2.24, 2.45) is 5.41 Å². The van der Waals surface area contributed by atoms with Crippen molar-refractivity contribution >= 4 is 12.0 Å². The van der Waals surface area contributed by atoms with Crippen LogP contribution >= 0.6 is 0 Å². The zero-order chi connectivity index (χ0) is 20.6. The second-order valence-corrected chi connectivity index (χ2v) is 5.88. The fraction of sp³-hybridized carbons (Fsp3) is 0.421. The Kier molecular flexibility index (Phi) is 8.30. The fourth-order valence-electron chi connectivity index (χ4n) is 2.17. The number of hydrogen-bond donors (Lipinski definition) is 3. The molecule has 0 aliphatic heterocycles. The van der Waals surface area contributed by atoms with Crippen molar-refractivity contribution in [3.8, 4) is 17.2 Å². The van der Waals surface area contributed by atoms with Gasteiger partial charge in [0, 0.05) is 17.7 Å². The lowest BCUT2D eigenvalue weighted by molar-refractivity contribution is -0.138. The summed E-state index contributed by atoms with van der Waals surface area (Å²) in [7, 11) is 4.35. The van der Waals surface area contributed by atoms with Crippen LogP contribution in [-0.4, -0.2) is 62.4 Å². The maximum atomic E-state index is 12.1. The van der Waals surface area contributed by atoms with Gasteiger partial charge < -0.3 is 34.3 Å². The van der Waals surface area contributed by atoms with Gasteiger partial charge in [-0.2, -0.15) is 0 Å². The number of methoxy groups -OCH3 is 3. The molecule has 8 heteroatoms. The third-order valence-corrected chi connectivity index (χ3v) is 4.01. The molecule has 1 aromatic carbocycles. The lowest BCUT2D eigenvalue weighted by Crippen LogP contribution is -2.37. The normalized spacial score (nSPS) is 11.7. The van der Waals surface area contributed by atoms with Crippen LogP contribution in [0.5, 0.6) is 17.2 Å². The summed E-state index contributed by atoms with van der Waals surface area (Å²) >= 11 is 0. The monoisotopic (exact) mass is 382 g/mol. The summed E-state index contributed by atoms with van der Waals surface area (Å²) in [4.78, 5) is 12.1. The quantitative estimate of drug-likeness (QED) is 0.313. The highest BCUT2D eigenvalue weighted by molar-refractivity contribution is 5.88. The Bertz CT molecular complexity index is 670. The first-order valence-corrected chi connectivity index (χ1v) is 8.04.